The average molecular weight is 371 g/mol. The maximum absolute atomic E-state index is 13.1. The van der Waals surface area contributed by atoms with Crippen molar-refractivity contribution < 1.29 is 19.1 Å². The number of amides is 3. The molecule has 1 saturated carbocycles. The summed E-state index contributed by atoms with van der Waals surface area (Å²) in [6, 6.07) is 8.92. The quantitative estimate of drug-likeness (QED) is 0.849. The van der Waals surface area contributed by atoms with Crippen molar-refractivity contribution >= 4 is 17.7 Å². The Morgan fingerprint density at radius 3 is 2.19 bits per heavy atom. The van der Waals surface area contributed by atoms with Gasteiger partial charge >= 0.3 is 0 Å². The number of morpholine rings is 1. The average Bonchev–Trinajstić information content (AvgIpc) is 2.67. The van der Waals surface area contributed by atoms with E-state index in [1.54, 1.807) is 4.90 Å². The van der Waals surface area contributed by atoms with Gasteiger partial charge in [0.1, 0.15) is 6.61 Å². The number of nitrogens with one attached hydrogen (secondary N) is 1. The molecule has 3 fully saturated rings. The number of piperazine rings is 1. The summed E-state index contributed by atoms with van der Waals surface area (Å²) in [4.78, 5) is 40.9. The van der Waals surface area contributed by atoms with Crippen LogP contribution in [0.5, 0.6) is 0 Å². The maximum atomic E-state index is 13.1. The van der Waals surface area contributed by atoms with Gasteiger partial charge in [0, 0.05) is 32.1 Å². The van der Waals surface area contributed by atoms with Gasteiger partial charge in [-0.05, 0) is 18.4 Å². The van der Waals surface area contributed by atoms with Crippen molar-refractivity contribution in [1.29, 1.82) is 0 Å². The summed E-state index contributed by atoms with van der Waals surface area (Å²) in [6.45, 7) is 2.03. The molecule has 3 amide bonds. The zero-order chi connectivity index (χ0) is 18.8. The molecule has 2 atom stereocenters. The molecular formula is C20H25N3O4. The van der Waals surface area contributed by atoms with Crippen LogP contribution in [0, 0.1) is 5.92 Å². The first-order valence-corrected chi connectivity index (χ1v) is 9.67. The molecule has 2 aliphatic heterocycles. The van der Waals surface area contributed by atoms with E-state index in [4.69, 9.17) is 4.74 Å². The van der Waals surface area contributed by atoms with Gasteiger partial charge in [-0.3, -0.25) is 14.4 Å². The molecule has 1 aromatic rings. The molecule has 1 N–H and O–H groups in total. The lowest BCUT2D eigenvalue weighted by Crippen LogP contribution is -2.58. The van der Waals surface area contributed by atoms with Crippen LogP contribution < -0.4 is 5.32 Å². The summed E-state index contributed by atoms with van der Waals surface area (Å²) in [7, 11) is 0. The van der Waals surface area contributed by atoms with Crippen LogP contribution in [0.25, 0.3) is 0 Å². The molecule has 4 rings (SSSR count). The van der Waals surface area contributed by atoms with Gasteiger partial charge in [0.15, 0.2) is 6.10 Å². The van der Waals surface area contributed by atoms with Crippen LogP contribution in [0.15, 0.2) is 30.3 Å². The minimum Gasteiger partial charge on any atom is -0.356 e. The molecule has 0 unspecified atom stereocenters. The highest BCUT2D eigenvalue weighted by atomic mass is 16.5. The van der Waals surface area contributed by atoms with Gasteiger partial charge in [0.05, 0.1) is 6.04 Å². The second-order valence-electron chi connectivity index (χ2n) is 7.47. The highest BCUT2D eigenvalue weighted by molar-refractivity contribution is 5.87. The fourth-order valence-corrected chi connectivity index (χ4v) is 3.93. The highest BCUT2D eigenvalue weighted by Crippen LogP contribution is 2.29. The molecular weight excluding hydrogens is 346 g/mol. The van der Waals surface area contributed by atoms with Crippen molar-refractivity contribution in [1.82, 2.24) is 15.1 Å². The molecule has 7 heteroatoms. The first-order valence-electron chi connectivity index (χ1n) is 9.67. The Hall–Kier alpha value is -2.41. The van der Waals surface area contributed by atoms with Gasteiger partial charge in [-0.15, -0.1) is 0 Å². The Bertz CT molecular complexity index is 711. The second-order valence-corrected chi connectivity index (χ2v) is 7.47. The van der Waals surface area contributed by atoms with Crippen LogP contribution in [-0.2, 0) is 19.1 Å². The predicted molar refractivity (Wildman–Crippen MR) is 97.6 cm³/mol. The van der Waals surface area contributed by atoms with Gasteiger partial charge in [0.25, 0.3) is 5.91 Å². The van der Waals surface area contributed by atoms with Crippen LogP contribution in [-0.4, -0.2) is 66.4 Å². The van der Waals surface area contributed by atoms with Gasteiger partial charge in [-0.2, -0.15) is 0 Å². The van der Waals surface area contributed by atoms with Gasteiger partial charge in [-0.25, -0.2) is 0 Å². The number of ether oxygens (including phenoxy) is 1. The Morgan fingerprint density at radius 2 is 1.59 bits per heavy atom. The van der Waals surface area contributed by atoms with Crippen molar-refractivity contribution in [2.24, 2.45) is 5.92 Å². The Kier molecular flexibility index (Phi) is 5.11. The molecule has 1 aromatic carbocycles. The fraction of sp³-hybridized carbons (Fsp3) is 0.550. The van der Waals surface area contributed by atoms with Crippen LogP contribution in [0.1, 0.15) is 30.9 Å². The molecule has 1 aliphatic carbocycles. The van der Waals surface area contributed by atoms with E-state index in [2.05, 4.69) is 5.32 Å². The zero-order valence-corrected chi connectivity index (χ0v) is 15.3. The summed E-state index contributed by atoms with van der Waals surface area (Å²) in [5.74, 6) is 0.0757. The van der Waals surface area contributed by atoms with Crippen molar-refractivity contribution in [3.8, 4) is 0 Å². The number of hydrogen-bond donors (Lipinski definition) is 1. The number of carbonyl (C=O) groups is 3. The van der Waals surface area contributed by atoms with Crippen molar-refractivity contribution in [2.75, 3.05) is 32.8 Å². The number of nitrogens with zero attached hydrogens (tertiary/aromatic N) is 2. The third-order valence-corrected chi connectivity index (χ3v) is 5.77. The van der Waals surface area contributed by atoms with Gasteiger partial charge in [0.2, 0.25) is 11.8 Å². The molecule has 27 heavy (non-hydrogen) atoms. The number of carbonyl (C=O) groups excluding carboxylic acids is 3. The monoisotopic (exact) mass is 371 g/mol. The molecule has 0 spiro atoms. The molecule has 0 radical (unpaired) electrons. The lowest BCUT2D eigenvalue weighted by Gasteiger charge is -2.40. The third-order valence-electron chi connectivity index (χ3n) is 5.77. The fourth-order valence-electron chi connectivity index (χ4n) is 3.93. The molecule has 7 nitrogen and oxygen atoms in total. The summed E-state index contributed by atoms with van der Waals surface area (Å²) < 4.78 is 5.63. The third kappa shape index (κ3) is 3.69. The maximum Gasteiger partial charge on any atom is 0.254 e. The number of benzene rings is 1. The Balaban J connectivity index is 1.40. The van der Waals surface area contributed by atoms with E-state index in [0.29, 0.717) is 26.2 Å². The lowest BCUT2D eigenvalue weighted by molar-refractivity contribution is -0.158. The Morgan fingerprint density at radius 1 is 0.963 bits per heavy atom. The molecule has 2 saturated heterocycles. The molecule has 144 valence electrons. The van der Waals surface area contributed by atoms with Gasteiger partial charge in [-0.1, -0.05) is 36.8 Å². The Labute approximate surface area is 158 Å². The van der Waals surface area contributed by atoms with Crippen LogP contribution >= 0.6 is 0 Å². The SMILES string of the molecule is O=C1CO[C@H](C(=O)N2CCN(C(=O)C3CCC3)CC2)[C@@H](c2ccccc2)N1. The van der Waals surface area contributed by atoms with E-state index in [-0.39, 0.29) is 30.2 Å². The minimum atomic E-state index is -0.737. The normalized spacial score (nSPS) is 26.3. The van der Waals surface area contributed by atoms with E-state index >= 15 is 0 Å². The van der Waals surface area contributed by atoms with Crippen molar-refractivity contribution in [3.63, 3.8) is 0 Å². The molecule has 0 aromatic heterocycles. The van der Waals surface area contributed by atoms with Crippen LogP contribution in [0.3, 0.4) is 0 Å². The summed E-state index contributed by atoms with van der Waals surface area (Å²) in [5, 5.41) is 2.88. The molecule has 0 bridgehead atoms. The van der Waals surface area contributed by atoms with Crippen LogP contribution in [0.4, 0.5) is 0 Å². The van der Waals surface area contributed by atoms with Crippen LogP contribution in [0.2, 0.25) is 0 Å². The van der Waals surface area contributed by atoms with Gasteiger partial charge < -0.3 is 19.9 Å². The molecule has 3 aliphatic rings. The highest BCUT2D eigenvalue weighted by Gasteiger charge is 2.40. The molecule has 2 heterocycles. The minimum absolute atomic E-state index is 0.111. The standard InChI is InChI=1S/C20H25N3O4/c24-16-13-27-18(17(21-16)14-5-2-1-3-6-14)20(26)23-11-9-22(10-12-23)19(25)15-7-4-8-15/h1-3,5-6,15,17-18H,4,7-13H2,(H,21,24)/t17-,18+/m1/s1. The smallest absolute Gasteiger partial charge is 0.254 e. The summed E-state index contributed by atoms with van der Waals surface area (Å²) in [6.07, 6.45) is 2.39. The van der Waals surface area contributed by atoms with Crippen molar-refractivity contribution in [2.45, 2.75) is 31.4 Å². The summed E-state index contributed by atoms with van der Waals surface area (Å²) >= 11 is 0. The van der Waals surface area contributed by atoms with E-state index in [0.717, 1.165) is 24.8 Å². The zero-order valence-electron chi connectivity index (χ0n) is 15.3. The second kappa shape index (κ2) is 7.68. The number of hydrogen-bond acceptors (Lipinski definition) is 4. The van der Waals surface area contributed by atoms with E-state index < -0.39 is 12.1 Å². The van der Waals surface area contributed by atoms with E-state index in [1.807, 2.05) is 35.2 Å². The largest absolute Gasteiger partial charge is 0.356 e. The summed E-state index contributed by atoms with van der Waals surface area (Å²) in [5.41, 5.74) is 0.850. The van der Waals surface area contributed by atoms with Crippen molar-refractivity contribution in [3.05, 3.63) is 35.9 Å². The first-order chi connectivity index (χ1) is 13.1. The lowest BCUT2D eigenvalue weighted by atomic mass is 9.84. The predicted octanol–water partition coefficient (Wildman–Crippen LogP) is 0.714. The first kappa shape index (κ1) is 18.0. The van der Waals surface area contributed by atoms with E-state index in [1.165, 1.54) is 0 Å². The topological polar surface area (TPSA) is 79.0 Å². The van der Waals surface area contributed by atoms with E-state index in [9.17, 15) is 14.4 Å². The number of rotatable bonds is 3.